The van der Waals surface area contributed by atoms with Gasteiger partial charge in [0.25, 0.3) is 0 Å². The van der Waals surface area contributed by atoms with E-state index in [4.69, 9.17) is 5.26 Å². The third-order valence-electron chi connectivity index (χ3n) is 5.56. The molecule has 2 heterocycles. The van der Waals surface area contributed by atoms with Crippen LogP contribution in [0.4, 0.5) is 23.7 Å². The highest BCUT2D eigenvalue weighted by atomic mass is 19.4. The molecule has 0 spiro atoms. The topological polar surface area (TPSA) is 109 Å². The van der Waals surface area contributed by atoms with E-state index < -0.39 is 36.6 Å². The molecule has 1 unspecified atom stereocenters. The maximum atomic E-state index is 13.2. The first-order chi connectivity index (χ1) is 15.2. The number of carbonyl (C=O) groups is 1. The van der Waals surface area contributed by atoms with Gasteiger partial charge < -0.3 is 15.5 Å². The lowest BCUT2D eigenvalue weighted by atomic mass is 9.87. The first-order valence-corrected chi connectivity index (χ1v) is 9.80. The number of amides is 2. The van der Waals surface area contributed by atoms with E-state index in [0.717, 1.165) is 17.0 Å². The summed E-state index contributed by atoms with van der Waals surface area (Å²) < 4.78 is 39.7. The molecule has 0 aliphatic carbocycles. The number of hydrogen-bond donors (Lipinski definition) is 4. The van der Waals surface area contributed by atoms with Crippen molar-refractivity contribution in [3.63, 3.8) is 0 Å². The van der Waals surface area contributed by atoms with E-state index in [1.54, 1.807) is 6.07 Å². The number of nitrogens with one attached hydrogen (secondary N) is 2. The summed E-state index contributed by atoms with van der Waals surface area (Å²) in [5, 5.41) is 35.2. The monoisotopic (exact) mass is 444 g/mol. The van der Waals surface area contributed by atoms with Crippen LogP contribution >= 0.6 is 0 Å². The molecular formula is C22H19F3N4O3. The summed E-state index contributed by atoms with van der Waals surface area (Å²) in [5.74, 6) is 0. The van der Waals surface area contributed by atoms with Crippen LogP contribution in [0.2, 0.25) is 0 Å². The minimum absolute atomic E-state index is 0.0274. The van der Waals surface area contributed by atoms with Gasteiger partial charge in [-0.25, -0.2) is 4.79 Å². The molecule has 0 saturated carbocycles. The van der Waals surface area contributed by atoms with E-state index in [1.165, 1.54) is 24.3 Å². The normalized spacial score (nSPS) is 21.1. The Bertz CT molecular complexity index is 1140. The highest BCUT2D eigenvalue weighted by Crippen LogP contribution is 2.40. The minimum Gasteiger partial charge on any atom is -0.392 e. The molecule has 0 radical (unpaired) electrons. The number of carbonyl (C=O) groups excluding carboxylic acids is 1. The van der Waals surface area contributed by atoms with Gasteiger partial charge in [-0.1, -0.05) is 12.1 Å². The first kappa shape index (κ1) is 21.8. The lowest BCUT2D eigenvalue weighted by molar-refractivity contribution is -0.137. The smallest absolute Gasteiger partial charge is 0.392 e. The molecule has 4 rings (SSSR count). The molecular weight excluding hydrogens is 425 g/mol. The number of alkyl halides is 3. The fourth-order valence-corrected chi connectivity index (χ4v) is 4.13. The van der Waals surface area contributed by atoms with E-state index in [-0.39, 0.29) is 12.1 Å². The van der Waals surface area contributed by atoms with Crippen LogP contribution in [0.5, 0.6) is 0 Å². The second kappa shape index (κ2) is 8.27. The van der Waals surface area contributed by atoms with Gasteiger partial charge in [-0.05, 0) is 41.5 Å². The first-order valence-electron chi connectivity index (χ1n) is 9.80. The molecule has 0 saturated heterocycles. The van der Waals surface area contributed by atoms with Crippen molar-refractivity contribution in [2.75, 3.05) is 11.4 Å². The Morgan fingerprint density at radius 3 is 2.69 bits per heavy atom. The zero-order valence-electron chi connectivity index (χ0n) is 16.6. The molecule has 2 aliphatic heterocycles. The van der Waals surface area contributed by atoms with Crippen LogP contribution < -0.4 is 15.5 Å². The Morgan fingerprint density at radius 1 is 1.22 bits per heavy atom. The number of urea groups is 1. The van der Waals surface area contributed by atoms with Gasteiger partial charge in [-0.15, -0.1) is 0 Å². The van der Waals surface area contributed by atoms with Crippen LogP contribution in [0, 0.1) is 11.3 Å². The standard InChI is InChI=1S/C22H19F3N4O3/c23-22(24,25)14-2-1-3-15(9-14)29-17-6-7-27-20(31)18(17)19(28-21(29)32)16-5-4-12(10-26)8-13(16)11-30/h1-5,8-9,19-20,27,30-31H,6-7,11H2,(H,28,32)/t19-,20?/m1/s1. The molecule has 2 amide bonds. The van der Waals surface area contributed by atoms with Crippen molar-refractivity contribution in [3.05, 3.63) is 76.0 Å². The second-order valence-corrected chi connectivity index (χ2v) is 7.46. The number of rotatable bonds is 3. The SMILES string of the molecule is N#Cc1ccc([C@H]2NC(=O)N(c3cccc(C(F)(F)F)c3)C3=C2C(O)NCC3)c(CO)c1. The molecule has 0 fully saturated rings. The zero-order chi connectivity index (χ0) is 23.0. The Morgan fingerprint density at radius 2 is 2.00 bits per heavy atom. The maximum absolute atomic E-state index is 13.2. The number of nitrogens with zero attached hydrogens (tertiary/aromatic N) is 2. The van der Waals surface area contributed by atoms with Crippen LogP contribution in [0.3, 0.4) is 0 Å². The zero-order valence-corrected chi connectivity index (χ0v) is 16.6. The van der Waals surface area contributed by atoms with Crippen LogP contribution in [0.15, 0.2) is 53.7 Å². The average molecular weight is 444 g/mol. The number of aliphatic hydroxyl groups is 2. The van der Waals surface area contributed by atoms with E-state index in [0.29, 0.717) is 34.5 Å². The Hall–Kier alpha value is -3.39. The predicted octanol–water partition coefficient (Wildman–Crippen LogP) is 2.91. The molecule has 32 heavy (non-hydrogen) atoms. The van der Waals surface area contributed by atoms with E-state index in [9.17, 15) is 28.2 Å². The summed E-state index contributed by atoms with van der Waals surface area (Å²) in [5.41, 5.74) is 1.09. The molecule has 0 bridgehead atoms. The van der Waals surface area contributed by atoms with Crippen molar-refractivity contribution in [1.82, 2.24) is 10.6 Å². The fraction of sp³-hybridized carbons (Fsp3) is 0.273. The van der Waals surface area contributed by atoms with Gasteiger partial charge in [0.1, 0.15) is 6.23 Å². The number of anilines is 1. The van der Waals surface area contributed by atoms with E-state index in [2.05, 4.69) is 10.6 Å². The molecule has 7 nitrogen and oxygen atoms in total. The van der Waals surface area contributed by atoms with Crippen molar-refractivity contribution in [2.24, 2.45) is 0 Å². The van der Waals surface area contributed by atoms with Crippen LogP contribution in [-0.4, -0.2) is 29.0 Å². The summed E-state index contributed by atoms with van der Waals surface area (Å²) in [6, 6.07) is 9.52. The third-order valence-corrected chi connectivity index (χ3v) is 5.56. The maximum Gasteiger partial charge on any atom is 0.416 e. The summed E-state index contributed by atoms with van der Waals surface area (Å²) >= 11 is 0. The predicted molar refractivity (Wildman–Crippen MR) is 108 cm³/mol. The Balaban J connectivity index is 1.86. The average Bonchev–Trinajstić information content (AvgIpc) is 2.77. The number of halogens is 3. The number of aliphatic hydroxyl groups excluding tert-OH is 2. The van der Waals surface area contributed by atoms with Crippen molar-refractivity contribution in [3.8, 4) is 6.07 Å². The fourth-order valence-electron chi connectivity index (χ4n) is 4.13. The summed E-state index contributed by atoms with van der Waals surface area (Å²) in [6.07, 6.45) is -5.45. The third kappa shape index (κ3) is 3.82. The molecule has 2 aliphatic rings. The van der Waals surface area contributed by atoms with Gasteiger partial charge in [0.15, 0.2) is 0 Å². The lowest BCUT2D eigenvalue weighted by Gasteiger charge is -2.42. The number of benzene rings is 2. The number of nitriles is 1. The summed E-state index contributed by atoms with van der Waals surface area (Å²) in [7, 11) is 0. The van der Waals surface area contributed by atoms with E-state index >= 15 is 0 Å². The Labute approximate surface area is 181 Å². The summed E-state index contributed by atoms with van der Waals surface area (Å²) in [4.78, 5) is 14.3. The number of hydrogen-bond acceptors (Lipinski definition) is 5. The molecule has 166 valence electrons. The lowest BCUT2D eigenvalue weighted by Crippen LogP contribution is -2.54. The van der Waals surface area contributed by atoms with Crippen molar-refractivity contribution >= 4 is 11.7 Å². The molecule has 0 aromatic heterocycles. The van der Waals surface area contributed by atoms with Gasteiger partial charge >= 0.3 is 12.2 Å². The second-order valence-electron chi connectivity index (χ2n) is 7.46. The van der Waals surface area contributed by atoms with Crippen molar-refractivity contribution < 1.29 is 28.2 Å². The Kier molecular flexibility index (Phi) is 5.64. The highest BCUT2D eigenvalue weighted by Gasteiger charge is 2.41. The molecule has 2 atom stereocenters. The molecule has 2 aromatic carbocycles. The molecule has 4 N–H and O–H groups in total. The van der Waals surface area contributed by atoms with Crippen molar-refractivity contribution in [1.29, 1.82) is 5.26 Å². The van der Waals surface area contributed by atoms with Gasteiger partial charge in [-0.2, -0.15) is 18.4 Å². The van der Waals surface area contributed by atoms with Crippen LogP contribution in [0.25, 0.3) is 0 Å². The van der Waals surface area contributed by atoms with Gasteiger partial charge in [-0.3, -0.25) is 10.2 Å². The molecule has 2 aromatic rings. The van der Waals surface area contributed by atoms with Gasteiger partial charge in [0.2, 0.25) is 0 Å². The quantitative estimate of drug-likeness (QED) is 0.582. The highest BCUT2D eigenvalue weighted by molar-refractivity contribution is 5.97. The van der Waals surface area contributed by atoms with Crippen LogP contribution in [-0.2, 0) is 12.8 Å². The van der Waals surface area contributed by atoms with Crippen LogP contribution in [0.1, 0.15) is 34.7 Å². The van der Waals surface area contributed by atoms with Gasteiger partial charge in [0.05, 0.1) is 35.5 Å². The van der Waals surface area contributed by atoms with Crippen molar-refractivity contribution in [2.45, 2.75) is 31.5 Å². The summed E-state index contributed by atoms with van der Waals surface area (Å²) in [6.45, 7) is -0.0869. The minimum atomic E-state index is -4.58. The largest absolute Gasteiger partial charge is 0.416 e. The van der Waals surface area contributed by atoms with Gasteiger partial charge in [0, 0.05) is 24.2 Å². The van der Waals surface area contributed by atoms with E-state index in [1.807, 2.05) is 6.07 Å². The molecule has 10 heteroatoms.